The first-order valence-corrected chi connectivity index (χ1v) is 5.43. The molecule has 0 amide bonds. The number of fused-ring (bicyclic) bond motifs is 2. The zero-order valence-electron chi connectivity index (χ0n) is 7.25. The van der Waals surface area contributed by atoms with Crippen LogP contribution in [0.2, 0.25) is 0 Å². The minimum Gasteiger partial charge on any atom is -0.481 e. The zero-order chi connectivity index (χ0) is 8.77. The molecule has 2 nitrogen and oxygen atoms in total. The molecule has 0 saturated carbocycles. The van der Waals surface area contributed by atoms with Crippen LogP contribution in [0.1, 0.15) is 32.6 Å². The van der Waals surface area contributed by atoms with Crippen molar-refractivity contribution in [2.75, 3.05) is 0 Å². The molecule has 2 aliphatic rings. The Morgan fingerprint density at radius 2 is 1.92 bits per heavy atom. The Hall–Kier alpha value is -0.180. The lowest BCUT2D eigenvalue weighted by Gasteiger charge is -2.33. The van der Waals surface area contributed by atoms with Gasteiger partial charge in [-0.25, -0.2) is 0 Å². The maximum absolute atomic E-state index is 11.0. The van der Waals surface area contributed by atoms with Gasteiger partial charge in [-0.2, -0.15) is 11.8 Å². The van der Waals surface area contributed by atoms with Gasteiger partial charge in [-0.05, 0) is 32.6 Å². The molecule has 2 saturated heterocycles. The monoisotopic (exact) mass is 186 g/mol. The summed E-state index contributed by atoms with van der Waals surface area (Å²) in [6.45, 7) is 1.90. The first-order valence-electron chi connectivity index (χ1n) is 4.49. The number of hydrogen-bond donors (Lipinski definition) is 1. The van der Waals surface area contributed by atoms with Gasteiger partial charge in [0.2, 0.25) is 0 Å². The number of aliphatic carboxylic acids is 1. The number of rotatable bonds is 1. The van der Waals surface area contributed by atoms with Crippen molar-refractivity contribution < 1.29 is 9.90 Å². The second-order valence-corrected chi connectivity index (χ2v) is 5.84. The van der Waals surface area contributed by atoms with Gasteiger partial charge in [-0.15, -0.1) is 0 Å². The quantitative estimate of drug-likeness (QED) is 0.681. The highest BCUT2D eigenvalue weighted by molar-refractivity contribution is 8.00. The minimum absolute atomic E-state index is 0.420. The highest BCUT2D eigenvalue weighted by Crippen LogP contribution is 2.51. The molecule has 0 aliphatic carbocycles. The van der Waals surface area contributed by atoms with Crippen LogP contribution in [0.15, 0.2) is 0 Å². The van der Waals surface area contributed by atoms with Crippen LogP contribution in [0, 0.1) is 5.41 Å². The largest absolute Gasteiger partial charge is 0.481 e. The summed E-state index contributed by atoms with van der Waals surface area (Å²) < 4.78 is 0. The summed E-state index contributed by atoms with van der Waals surface area (Å²) in [6.07, 6.45) is 4.23. The van der Waals surface area contributed by atoms with Crippen molar-refractivity contribution in [3.63, 3.8) is 0 Å². The van der Waals surface area contributed by atoms with E-state index in [4.69, 9.17) is 5.11 Å². The molecule has 2 bridgehead atoms. The van der Waals surface area contributed by atoms with Crippen molar-refractivity contribution in [1.82, 2.24) is 0 Å². The summed E-state index contributed by atoms with van der Waals surface area (Å²) in [4.78, 5) is 11.0. The Kier molecular flexibility index (Phi) is 1.86. The second-order valence-electron chi connectivity index (χ2n) is 4.23. The molecule has 3 heteroatoms. The fraction of sp³-hybridized carbons (Fsp3) is 0.889. The molecule has 0 radical (unpaired) electrons. The lowest BCUT2D eigenvalue weighted by atomic mass is 9.82. The Morgan fingerprint density at radius 1 is 1.42 bits per heavy atom. The lowest BCUT2D eigenvalue weighted by Crippen LogP contribution is -2.35. The van der Waals surface area contributed by atoms with E-state index in [1.54, 1.807) is 0 Å². The maximum atomic E-state index is 11.0. The van der Waals surface area contributed by atoms with Crippen LogP contribution in [0.4, 0.5) is 0 Å². The molecule has 12 heavy (non-hydrogen) atoms. The van der Waals surface area contributed by atoms with E-state index >= 15 is 0 Å². The third kappa shape index (κ3) is 1.24. The van der Waals surface area contributed by atoms with Gasteiger partial charge >= 0.3 is 5.97 Å². The molecule has 68 valence electrons. The number of carboxylic acids is 1. The molecule has 2 fully saturated rings. The molecule has 2 aliphatic heterocycles. The van der Waals surface area contributed by atoms with Crippen molar-refractivity contribution in [1.29, 1.82) is 0 Å². The molecule has 2 atom stereocenters. The van der Waals surface area contributed by atoms with E-state index in [0.29, 0.717) is 10.5 Å². The zero-order valence-corrected chi connectivity index (χ0v) is 8.06. The molecule has 0 aromatic carbocycles. The van der Waals surface area contributed by atoms with Crippen LogP contribution in [0.25, 0.3) is 0 Å². The van der Waals surface area contributed by atoms with Crippen molar-refractivity contribution in [2.45, 2.75) is 43.1 Å². The normalized spacial score (nSPS) is 46.1. The molecule has 0 aromatic rings. The average Bonchev–Trinajstić information content (AvgIpc) is 2.30. The number of hydrogen-bond acceptors (Lipinski definition) is 2. The van der Waals surface area contributed by atoms with Gasteiger partial charge in [0.1, 0.15) is 0 Å². The summed E-state index contributed by atoms with van der Waals surface area (Å²) in [5, 5.41) is 10.3. The van der Waals surface area contributed by atoms with Crippen molar-refractivity contribution in [2.24, 2.45) is 5.41 Å². The Morgan fingerprint density at radius 3 is 2.33 bits per heavy atom. The molecular formula is C9H14O2S. The second kappa shape index (κ2) is 2.66. The Labute approximate surface area is 76.7 Å². The summed E-state index contributed by atoms with van der Waals surface area (Å²) in [5.41, 5.74) is -0.420. The summed E-state index contributed by atoms with van der Waals surface area (Å²) >= 11 is 2.01. The van der Waals surface area contributed by atoms with Gasteiger partial charge in [-0.3, -0.25) is 4.79 Å². The molecule has 0 aromatic heterocycles. The van der Waals surface area contributed by atoms with Crippen molar-refractivity contribution in [3.8, 4) is 0 Å². The fourth-order valence-corrected chi connectivity index (χ4v) is 4.36. The smallest absolute Gasteiger partial charge is 0.309 e. The Balaban J connectivity index is 2.15. The van der Waals surface area contributed by atoms with E-state index in [2.05, 4.69) is 0 Å². The van der Waals surface area contributed by atoms with Crippen LogP contribution < -0.4 is 0 Å². The van der Waals surface area contributed by atoms with Gasteiger partial charge in [0.15, 0.2) is 0 Å². The molecule has 2 heterocycles. The van der Waals surface area contributed by atoms with E-state index in [-0.39, 0.29) is 0 Å². The topological polar surface area (TPSA) is 37.3 Å². The van der Waals surface area contributed by atoms with Crippen molar-refractivity contribution in [3.05, 3.63) is 0 Å². The highest BCUT2D eigenvalue weighted by Gasteiger charge is 2.45. The van der Waals surface area contributed by atoms with Gasteiger partial charge in [0.05, 0.1) is 5.41 Å². The van der Waals surface area contributed by atoms with E-state index in [0.717, 1.165) is 12.8 Å². The molecular weight excluding hydrogens is 172 g/mol. The number of carboxylic acid groups (broad SMARTS) is 1. The summed E-state index contributed by atoms with van der Waals surface area (Å²) in [6, 6.07) is 0. The van der Waals surface area contributed by atoms with Gasteiger partial charge in [0, 0.05) is 10.5 Å². The SMILES string of the molecule is CC1(C(=O)O)CC2CCC(C1)S2. The first-order chi connectivity index (χ1) is 5.60. The molecule has 2 unspecified atom stereocenters. The number of thioether (sulfide) groups is 1. The van der Waals surface area contributed by atoms with Crippen LogP contribution >= 0.6 is 11.8 Å². The minimum atomic E-state index is -0.597. The van der Waals surface area contributed by atoms with Crippen LogP contribution in [0.5, 0.6) is 0 Å². The fourth-order valence-electron chi connectivity index (χ4n) is 2.34. The average molecular weight is 186 g/mol. The van der Waals surface area contributed by atoms with Crippen LogP contribution in [-0.4, -0.2) is 21.6 Å². The van der Waals surface area contributed by atoms with Gasteiger partial charge in [-0.1, -0.05) is 0 Å². The summed E-state index contributed by atoms with van der Waals surface area (Å²) in [5.74, 6) is -0.597. The first kappa shape index (κ1) is 8.42. The van der Waals surface area contributed by atoms with Crippen LogP contribution in [0.3, 0.4) is 0 Å². The van der Waals surface area contributed by atoms with E-state index in [1.165, 1.54) is 12.8 Å². The predicted molar refractivity (Wildman–Crippen MR) is 49.4 cm³/mol. The third-order valence-electron chi connectivity index (χ3n) is 3.07. The molecule has 0 spiro atoms. The third-order valence-corrected chi connectivity index (χ3v) is 4.64. The number of carbonyl (C=O) groups is 1. The van der Waals surface area contributed by atoms with Gasteiger partial charge < -0.3 is 5.11 Å². The van der Waals surface area contributed by atoms with Crippen molar-refractivity contribution >= 4 is 17.7 Å². The lowest BCUT2D eigenvalue weighted by molar-refractivity contribution is -0.148. The molecule has 1 N–H and O–H groups in total. The van der Waals surface area contributed by atoms with Crippen LogP contribution in [-0.2, 0) is 4.79 Å². The summed E-state index contributed by atoms with van der Waals surface area (Å²) in [7, 11) is 0. The Bertz CT molecular complexity index is 203. The maximum Gasteiger partial charge on any atom is 0.309 e. The van der Waals surface area contributed by atoms with Gasteiger partial charge in [0.25, 0.3) is 0 Å². The van der Waals surface area contributed by atoms with E-state index in [1.807, 2.05) is 18.7 Å². The van der Waals surface area contributed by atoms with E-state index < -0.39 is 11.4 Å². The molecule has 2 rings (SSSR count). The standard InChI is InChI=1S/C9H14O2S/c1-9(8(10)11)4-6-2-3-7(5-9)12-6/h6-7H,2-5H2,1H3,(H,10,11). The predicted octanol–water partition coefficient (Wildman–Crippen LogP) is 2.14. The highest BCUT2D eigenvalue weighted by atomic mass is 32.2. The van der Waals surface area contributed by atoms with E-state index in [9.17, 15) is 4.79 Å².